The molecule has 3 rings (SSSR count). The van der Waals surface area contributed by atoms with Gasteiger partial charge in [0.25, 0.3) is 5.91 Å². The first kappa shape index (κ1) is 13.0. The van der Waals surface area contributed by atoms with Crippen molar-refractivity contribution < 1.29 is 4.79 Å². The van der Waals surface area contributed by atoms with Gasteiger partial charge >= 0.3 is 0 Å². The van der Waals surface area contributed by atoms with Gasteiger partial charge in [0.1, 0.15) is 11.2 Å². The van der Waals surface area contributed by atoms with Crippen molar-refractivity contribution in [2.75, 3.05) is 5.32 Å². The molecule has 0 saturated carbocycles. The van der Waals surface area contributed by atoms with Crippen LogP contribution in [0.1, 0.15) is 17.3 Å². The molecule has 0 bridgehead atoms. The predicted molar refractivity (Wildman–Crippen MR) is 78.2 cm³/mol. The van der Waals surface area contributed by atoms with E-state index in [1.807, 2.05) is 6.92 Å². The molecule has 1 amide bonds. The second-order valence-electron chi connectivity index (χ2n) is 4.49. The first-order valence-electron chi connectivity index (χ1n) is 6.50. The minimum Gasteiger partial charge on any atom is -0.366 e. The Balaban J connectivity index is 1.91. The fourth-order valence-electron chi connectivity index (χ4n) is 2.06. The molecule has 0 unspecified atom stereocenters. The van der Waals surface area contributed by atoms with Gasteiger partial charge in [-0.15, -0.1) is 5.10 Å². The van der Waals surface area contributed by atoms with Crippen LogP contribution in [0.4, 0.5) is 5.69 Å². The fourth-order valence-corrected chi connectivity index (χ4v) is 2.06. The van der Waals surface area contributed by atoms with E-state index in [-0.39, 0.29) is 17.0 Å². The molecule has 0 saturated heterocycles. The Kier molecular flexibility index (Phi) is 3.23. The number of carbonyl (C=O) groups is 1. The van der Waals surface area contributed by atoms with Gasteiger partial charge in [-0.25, -0.2) is 4.68 Å². The number of hydrogen-bond acceptors (Lipinski definition) is 4. The third-order valence-corrected chi connectivity index (χ3v) is 3.15. The van der Waals surface area contributed by atoms with Crippen LogP contribution >= 0.6 is 0 Å². The monoisotopic (exact) mass is 283 g/mol. The number of amides is 1. The summed E-state index contributed by atoms with van der Waals surface area (Å²) in [5, 5.41) is 10.6. The van der Waals surface area contributed by atoms with Crippen LogP contribution in [-0.2, 0) is 6.54 Å². The van der Waals surface area contributed by atoms with Crippen LogP contribution in [0.2, 0.25) is 0 Å². The predicted octanol–water partition coefficient (Wildman–Crippen LogP) is 1.39. The summed E-state index contributed by atoms with van der Waals surface area (Å²) >= 11 is 0. The van der Waals surface area contributed by atoms with Crippen molar-refractivity contribution in [2.45, 2.75) is 13.5 Å². The highest BCUT2D eigenvalue weighted by molar-refractivity contribution is 6.05. The van der Waals surface area contributed by atoms with Crippen LogP contribution in [0.15, 0.2) is 41.5 Å². The van der Waals surface area contributed by atoms with E-state index in [0.717, 1.165) is 5.52 Å². The lowest BCUT2D eigenvalue weighted by Gasteiger charge is -2.04. The Morgan fingerprint density at radius 3 is 3.00 bits per heavy atom. The van der Waals surface area contributed by atoms with Crippen LogP contribution in [0.5, 0.6) is 0 Å². The molecule has 0 atom stereocenters. The van der Waals surface area contributed by atoms with Gasteiger partial charge in [-0.2, -0.15) is 0 Å². The minimum absolute atomic E-state index is 0.208. The standard InChI is InChI=1S/C14H13N5O2/c1-2-19-12-4-3-9(7-10(12)17-18-19)14(21)16-11-8-15-6-5-13(11)20/h3-8H,2H2,1H3,(H,15,20)(H,16,21). The summed E-state index contributed by atoms with van der Waals surface area (Å²) in [5.74, 6) is -0.361. The maximum atomic E-state index is 12.2. The van der Waals surface area contributed by atoms with Gasteiger partial charge < -0.3 is 10.3 Å². The molecule has 2 aromatic heterocycles. The SMILES string of the molecule is CCn1nnc2cc(C(=O)Nc3c[nH]ccc3=O)ccc21. The molecule has 2 N–H and O–H groups in total. The largest absolute Gasteiger partial charge is 0.366 e. The molecular formula is C14H13N5O2. The van der Waals surface area contributed by atoms with Gasteiger partial charge in [0.15, 0.2) is 0 Å². The number of benzene rings is 1. The zero-order valence-corrected chi connectivity index (χ0v) is 11.3. The van der Waals surface area contributed by atoms with Crippen molar-refractivity contribution >= 4 is 22.6 Å². The fraction of sp³-hybridized carbons (Fsp3) is 0.143. The molecule has 0 spiro atoms. The molecule has 1 aromatic carbocycles. The summed E-state index contributed by atoms with van der Waals surface area (Å²) in [6.07, 6.45) is 2.96. The quantitative estimate of drug-likeness (QED) is 0.759. The van der Waals surface area contributed by atoms with Gasteiger partial charge in [-0.05, 0) is 25.1 Å². The average Bonchev–Trinajstić information content (AvgIpc) is 2.91. The maximum Gasteiger partial charge on any atom is 0.255 e. The van der Waals surface area contributed by atoms with E-state index in [0.29, 0.717) is 17.6 Å². The molecule has 21 heavy (non-hydrogen) atoms. The number of rotatable bonds is 3. The first-order valence-corrected chi connectivity index (χ1v) is 6.50. The van der Waals surface area contributed by atoms with Gasteiger partial charge in [-0.1, -0.05) is 5.21 Å². The summed E-state index contributed by atoms with van der Waals surface area (Å²) in [7, 11) is 0. The molecule has 2 heterocycles. The normalized spacial score (nSPS) is 10.7. The smallest absolute Gasteiger partial charge is 0.255 e. The van der Waals surface area contributed by atoms with Crippen LogP contribution in [0.25, 0.3) is 11.0 Å². The van der Waals surface area contributed by atoms with E-state index in [4.69, 9.17) is 0 Å². The summed E-state index contributed by atoms with van der Waals surface area (Å²) in [6.45, 7) is 2.68. The van der Waals surface area contributed by atoms with E-state index in [1.54, 1.807) is 22.9 Å². The maximum absolute atomic E-state index is 12.2. The number of H-pyrrole nitrogens is 1. The number of hydrogen-bond donors (Lipinski definition) is 2. The summed E-state index contributed by atoms with van der Waals surface area (Å²) in [6, 6.07) is 6.49. The second-order valence-corrected chi connectivity index (χ2v) is 4.49. The highest BCUT2D eigenvalue weighted by Gasteiger charge is 2.11. The zero-order valence-electron chi connectivity index (χ0n) is 11.3. The number of fused-ring (bicyclic) bond motifs is 1. The van der Waals surface area contributed by atoms with Crippen molar-refractivity contribution in [3.8, 4) is 0 Å². The van der Waals surface area contributed by atoms with E-state index in [2.05, 4.69) is 20.6 Å². The number of nitrogens with zero attached hydrogens (tertiary/aromatic N) is 3. The number of aryl methyl sites for hydroxylation is 1. The third kappa shape index (κ3) is 2.40. The Morgan fingerprint density at radius 2 is 2.24 bits per heavy atom. The van der Waals surface area contributed by atoms with Crippen LogP contribution < -0.4 is 10.7 Å². The molecule has 0 aliphatic rings. The van der Waals surface area contributed by atoms with Crippen molar-refractivity contribution in [3.05, 3.63) is 52.4 Å². The number of anilines is 1. The van der Waals surface area contributed by atoms with Crippen LogP contribution in [0, 0.1) is 0 Å². The Bertz CT molecular complexity index is 865. The van der Waals surface area contributed by atoms with Gasteiger partial charge in [0.2, 0.25) is 5.43 Å². The van der Waals surface area contributed by atoms with E-state index in [9.17, 15) is 9.59 Å². The van der Waals surface area contributed by atoms with E-state index in [1.165, 1.54) is 18.5 Å². The van der Waals surface area contributed by atoms with E-state index >= 15 is 0 Å². The molecule has 0 aliphatic carbocycles. The Hall–Kier alpha value is -2.96. The third-order valence-electron chi connectivity index (χ3n) is 3.15. The molecule has 0 fully saturated rings. The van der Waals surface area contributed by atoms with E-state index < -0.39 is 0 Å². The molecule has 106 valence electrons. The Morgan fingerprint density at radius 1 is 1.38 bits per heavy atom. The summed E-state index contributed by atoms with van der Waals surface area (Å²) in [4.78, 5) is 26.5. The van der Waals surface area contributed by atoms with Crippen LogP contribution in [0.3, 0.4) is 0 Å². The molecule has 7 nitrogen and oxygen atoms in total. The van der Waals surface area contributed by atoms with Gasteiger partial charge in [-0.3, -0.25) is 9.59 Å². The average molecular weight is 283 g/mol. The number of aromatic nitrogens is 4. The summed E-state index contributed by atoms with van der Waals surface area (Å²) in [5.41, 5.74) is 1.90. The molecular weight excluding hydrogens is 270 g/mol. The van der Waals surface area contributed by atoms with Crippen molar-refractivity contribution in [2.24, 2.45) is 0 Å². The summed E-state index contributed by atoms with van der Waals surface area (Å²) < 4.78 is 1.75. The lowest BCUT2D eigenvalue weighted by molar-refractivity contribution is 0.102. The number of aromatic amines is 1. The zero-order chi connectivity index (χ0) is 14.8. The van der Waals surface area contributed by atoms with Crippen LogP contribution in [-0.4, -0.2) is 25.9 Å². The van der Waals surface area contributed by atoms with Crippen molar-refractivity contribution in [1.82, 2.24) is 20.0 Å². The molecule has 0 aliphatic heterocycles. The highest BCUT2D eigenvalue weighted by Crippen LogP contribution is 2.14. The molecule has 7 heteroatoms. The Labute approximate surface area is 119 Å². The lowest BCUT2D eigenvalue weighted by Crippen LogP contribution is -2.17. The second kappa shape index (κ2) is 5.20. The molecule has 3 aromatic rings. The lowest BCUT2D eigenvalue weighted by atomic mass is 10.2. The topological polar surface area (TPSA) is 92.7 Å². The minimum atomic E-state index is -0.361. The van der Waals surface area contributed by atoms with Gasteiger partial charge in [0.05, 0.1) is 5.52 Å². The van der Waals surface area contributed by atoms with Crippen molar-refractivity contribution in [3.63, 3.8) is 0 Å². The number of nitrogens with one attached hydrogen (secondary N) is 2. The number of pyridine rings is 1. The molecule has 0 radical (unpaired) electrons. The highest BCUT2D eigenvalue weighted by atomic mass is 16.2. The first-order chi connectivity index (χ1) is 10.2. The van der Waals surface area contributed by atoms with Gasteiger partial charge in [0, 0.05) is 30.6 Å². The van der Waals surface area contributed by atoms with Crippen molar-refractivity contribution in [1.29, 1.82) is 0 Å². The number of carbonyl (C=O) groups excluding carboxylic acids is 1.